The lowest BCUT2D eigenvalue weighted by molar-refractivity contribution is 0.140. The van der Waals surface area contributed by atoms with E-state index in [0.717, 1.165) is 24.4 Å². The van der Waals surface area contributed by atoms with Gasteiger partial charge in [0.2, 0.25) is 0 Å². The molecule has 3 fully saturated rings. The van der Waals surface area contributed by atoms with Gasteiger partial charge >= 0.3 is 0 Å². The van der Waals surface area contributed by atoms with Crippen LogP contribution in [0, 0.1) is 17.3 Å². The number of nitrogens with zero attached hydrogens (tertiary/aromatic N) is 2. The maximum atomic E-state index is 4.57. The van der Waals surface area contributed by atoms with Gasteiger partial charge in [-0.15, -0.1) is 23.7 Å². The molecule has 3 atom stereocenters. The van der Waals surface area contributed by atoms with E-state index in [4.69, 9.17) is 0 Å². The summed E-state index contributed by atoms with van der Waals surface area (Å²) in [5.74, 6) is 1.85. The van der Waals surface area contributed by atoms with Crippen LogP contribution in [-0.4, -0.2) is 35.6 Å². The number of nitrogens with one attached hydrogen (secondary N) is 1. The molecule has 24 heavy (non-hydrogen) atoms. The summed E-state index contributed by atoms with van der Waals surface area (Å²) in [6.45, 7) is 7.29. The summed E-state index contributed by atoms with van der Waals surface area (Å²) >= 11 is 1.83. The minimum absolute atomic E-state index is 0. The molecule has 2 aliphatic carbocycles. The van der Waals surface area contributed by atoms with E-state index in [1.165, 1.54) is 69.6 Å². The summed E-state index contributed by atoms with van der Waals surface area (Å²) in [6, 6.07) is 0.825. The molecule has 1 aromatic rings. The minimum atomic E-state index is 0. The largest absolute Gasteiger partial charge is 0.317 e. The van der Waals surface area contributed by atoms with Crippen molar-refractivity contribution in [2.75, 3.05) is 19.6 Å². The first-order valence-electron chi connectivity index (χ1n) is 9.58. The molecule has 0 aromatic carbocycles. The van der Waals surface area contributed by atoms with Crippen molar-refractivity contribution in [2.45, 2.75) is 64.5 Å². The molecular weight excluding hydrogens is 338 g/mol. The van der Waals surface area contributed by atoms with Crippen LogP contribution in [0.15, 0.2) is 11.6 Å². The number of rotatable bonds is 5. The third-order valence-corrected chi connectivity index (χ3v) is 7.31. The van der Waals surface area contributed by atoms with Crippen LogP contribution in [0.4, 0.5) is 0 Å². The van der Waals surface area contributed by atoms with Crippen LogP contribution < -0.4 is 5.32 Å². The Morgan fingerprint density at radius 3 is 2.88 bits per heavy atom. The van der Waals surface area contributed by atoms with E-state index in [1.54, 1.807) is 0 Å². The Bertz CT molecular complexity index is 501. The van der Waals surface area contributed by atoms with Gasteiger partial charge in [-0.25, -0.2) is 4.98 Å². The Kier molecular flexibility index (Phi) is 6.23. The Hall–Kier alpha value is -0.160. The molecule has 0 amide bonds. The smallest absolute Gasteiger partial charge is 0.107 e. The van der Waals surface area contributed by atoms with Crippen LogP contribution in [0.25, 0.3) is 0 Å². The topological polar surface area (TPSA) is 28.2 Å². The molecule has 3 unspecified atom stereocenters. The summed E-state index contributed by atoms with van der Waals surface area (Å²) in [5, 5.41) is 6.98. The first-order valence-corrected chi connectivity index (χ1v) is 10.5. The molecule has 1 spiro atoms. The second-order valence-electron chi connectivity index (χ2n) is 8.33. The van der Waals surface area contributed by atoms with Crippen molar-refractivity contribution in [3.05, 3.63) is 16.6 Å². The zero-order valence-corrected chi connectivity index (χ0v) is 16.5. The summed E-state index contributed by atoms with van der Waals surface area (Å²) in [6.07, 6.45) is 11.9. The Morgan fingerprint density at radius 2 is 2.17 bits per heavy atom. The maximum Gasteiger partial charge on any atom is 0.107 e. The highest BCUT2D eigenvalue weighted by Gasteiger charge is 2.56. The molecule has 1 aliphatic heterocycles. The van der Waals surface area contributed by atoms with Crippen molar-refractivity contribution < 1.29 is 0 Å². The number of aromatic nitrogens is 1. The van der Waals surface area contributed by atoms with E-state index in [1.807, 2.05) is 17.5 Å². The molecule has 2 saturated carbocycles. The predicted molar refractivity (Wildman–Crippen MR) is 104 cm³/mol. The van der Waals surface area contributed by atoms with Gasteiger partial charge in [0.1, 0.15) is 5.01 Å². The SMILES string of the molecule is CC1CCCC(CN(Cc2nccs2)C2CC23CCNCC3)C1.Cl. The van der Waals surface area contributed by atoms with Gasteiger partial charge in [-0.05, 0) is 62.4 Å². The van der Waals surface area contributed by atoms with Crippen molar-refractivity contribution in [2.24, 2.45) is 17.3 Å². The van der Waals surface area contributed by atoms with Gasteiger partial charge in [-0.1, -0.05) is 19.8 Å². The van der Waals surface area contributed by atoms with Crippen molar-refractivity contribution in [1.29, 1.82) is 0 Å². The maximum absolute atomic E-state index is 4.57. The van der Waals surface area contributed by atoms with Crippen LogP contribution in [-0.2, 0) is 6.54 Å². The molecule has 136 valence electrons. The molecule has 0 radical (unpaired) electrons. The predicted octanol–water partition coefficient (Wildman–Crippen LogP) is 4.34. The summed E-state index contributed by atoms with van der Waals surface area (Å²) in [5.41, 5.74) is 0.642. The molecule has 1 saturated heterocycles. The fourth-order valence-electron chi connectivity index (χ4n) is 5.17. The monoisotopic (exact) mass is 369 g/mol. The van der Waals surface area contributed by atoms with Gasteiger partial charge in [-0.2, -0.15) is 0 Å². The third kappa shape index (κ3) is 4.14. The number of hydrogen-bond donors (Lipinski definition) is 1. The highest BCUT2D eigenvalue weighted by Crippen LogP contribution is 2.56. The summed E-state index contributed by atoms with van der Waals surface area (Å²) < 4.78 is 0. The first kappa shape index (κ1) is 18.6. The number of thiazole rings is 1. The average molecular weight is 370 g/mol. The van der Waals surface area contributed by atoms with Gasteiger partial charge in [0.25, 0.3) is 0 Å². The van der Waals surface area contributed by atoms with Gasteiger partial charge in [0.05, 0.1) is 6.54 Å². The van der Waals surface area contributed by atoms with E-state index in [0.29, 0.717) is 5.41 Å². The van der Waals surface area contributed by atoms with Crippen LogP contribution >= 0.6 is 23.7 Å². The van der Waals surface area contributed by atoms with E-state index in [9.17, 15) is 0 Å². The summed E-state index contributed by atoms with van der Waals surface area (Å²) in [7, 11) is 0. The van der Waals surface area contributed by atoms with Crippen molar-refractivity contribution in [3.63, 3.8) is 0 Å². The highest BCUT2D eigenvalue weighted by molar-refractivity contribution is 7.09. The standard InChI is InChI=1S/C19H31N3S.ClH/c1-15-3-2-4-16(11-15)13-22(14-18-21-9-10-23-18)17-12-19(17)5-7-20-8-6-19;/h9-10,15-17,20H,2-8,11-14H2,1H3;1H. The zero-order valence-electron chi connectivity index (χ0n) is 14.9. The third-order valence-electron chi connectivity index (χ3n) is 6.55. The van der Waals surface area contributed by atoms with Crippen molar-refractivity contribution in [3.8, 4) is 0 Å². The quantitative estimate of drug-likeness (QED) is 0.836. The molecule has 5 heteroatoms. The fourth-order valence-corrected chi connectivity index (χ4v) is 5.81. The fraction of sp³-hybridized carbons (Fsp3) is 0.842. The van der Waals surface area contributed by atoms with Gasteiger partial charge in [0.15, 0.2) is 0 Å². The lowest BCUT2D eigenvalue weighted by Gasteiger charge is -2.34. The minimum Gasteiger partial charge on any atom is -0.317 e. The Balaban J connectivity index is 0.00000169. The average Bonchev–Trinajstić information content (AvgIpc) is 2.99. The van der Waals surface area contributed by atoms with Crippen LogP contribution in [0.2, 0.25) is 0 Å². The van der Waals surface area contributed by atoms with Crippen molar-refractivity contribution >= 4 is 23.7 Å². The van der Waals surface area contributed by atoms with Crippen LogP contribution in [0.5, 0.6) is 0 Å². The highest BCUT2D eigenvalue weighted by atomic mass is 35.5. The Labute approximate surface area is 157 Å². The van der Waals surface area contributed by atoms with Crippen LogP contribution in [0.3, 0.4) is 0 Å². The van der Waals surface area contributed by atoms with Crippen molar-refractivity contribution in [1.82, 2.24) is 15.2 Å². The van der Waals surface area contributed by atoms with Gasteiger partial charge < -0.3 is 5.32 Å². The Morgan fingerprint density at radius 1 is 1.33 bits per heavy atom. The van der Waals surface area contributed by atoms with E-state index in [-0.39, 0.29) is 12.4 Å². The molecular formula is C19H32ClN3S. The molecule has 0 bridgehead atoms. The zero-order chi connectivity index (χ0) is 15.7. The lowest BCUT2D eigenvalue weighted by Crippen LogP contribution is -2.38. The van der Waals surface area contributed by atoms with E-state index in [2.05, 4.69) is 27.5 Å². The molecule has 1 N–H and O–H groups in total. The van der Waals surface area contributed by atoms with Gasteiger partial charge in [-0.3, -0.25) is 4.90 Å². The lowest BCUT2D eigenvalue weighted by atomic mass is 9.82. The van der Waals surface area contributed by atoms with E-state index < -0.39 is 0 Å². The normalized spacial score (nSPS) is 31.8. The summed E-state index contributed by atoms with van der Waals surface area (Å²) in [4.78, 5) is 7.40. The second kappa shape index (κ2) is 8.03. The molecule has 2 heterocycles. The molecule has 4 rings (SSSR count). The molecule has 3 aliphatic rings. The number of halogens is 1. The second-order valence-corrected chi connectivity index (χ2v) is 9.30. The van der Waals surface area contributed by atoms with Crippen LogP contribution in [0.1, 0.15) is 56.9 Å². The molecule has 3 nitrogen and oxygen atoms in total. The number of hydrogen-bond acceptors (Lipinski definition) is 4. The number of piperidine rings is 1. The van der Waals surface area contributed by atoms with Gasteiger partial charge in [0, 0.05) is 24.2 Å². The van der Waals surface area contributed by atoms with E-state index >= 15 is 0 Å². The molecule has 1 aromatic heterocycles. The first-order chi connectivity index (χ1) is 11.3.